The number of aliphatic carboxylic acids is 1. The largest absolute Gasteiger partial charge is 0.481 e. The summed E-state index contributed by atoms with van der Waals surface area (Å²) < 4.78 is 0. The molecule has 0 aliphatic carbocycles. The lowest BCUT2D eigenvalue weighted by atomic mass is 10.1. The van der Waals surface area contributed by atoms with Gasteiger partial charge in [-0.2, -0.15) is 0 Å². The zero-order chi connectivity index (χ0) is 16.2. The van der Waals surface area contributed by atoms with Gasteiger partial charge in [-0.15, -0.1) is 11.3 Å². The maximum absolute atomic E-state index is 12.4. The molecule has 3 N–H and O–H groups in total. The van der Waals surface area contributed by atoms with Gasteiger partial charge in [-0.1, -0.05) is 18.2 Å². The third kappa shape index (κ3) is 3.78. The second-order valence-corrected chi connectivity index (χ2v) is 6.65. The van der Waals surface area contributed by atoms with Crippen LogP contribution in [0.4, 0.5) is 5.69 Å². The van der Waals surface area contributed by atoms with Crippen molar-refractivity contribution in [3.8, 4) is 0 Å². The first-order chi connectivity index (χ1) is 11.1. The van der Waals surface area contributed by atoms with E-state index in [0.29, 0.717) is 22.2 Å². The molecule has 1 amide bonds. The summed E-state index contributed by atoms with van der Waals surface area (Å²) in [6.07, 6.45) is 2.15. The molecule has 1 saturated heterocycles. The molecule has 2 aromatic rings. The summed E-state index contributed by atoms with van der Waals surface area (Å²) >= 11 is 1.49. The van der Waals surface area contributed by atoms with Crippen LogP contribution in [0.15, 0.2) is 36.4 Å². The number of amides is 1. The first-order valence-corrected chi connectivity index (χ1v) is 8.39. The molecule has 1 aliphatic rings. The van der Waals surface area contributed by atoms with E-state index in [1.165, 1.54) is 16.2 Å². The number of carbonyl (C=O) groups is 2. The lowest BCUT2D eigenvalue weighted by Gasteiger charge is -2.09. The predicted octanol–water partition coefficient (Wildman–Crippen LogP) is 3.05. The Labute approximate surface area is 138 Å². The van der Waals surface area contributed by atoms with Crippen LogP contribution >= 0.6 is 11.3 Å². The van der Waals surface area contributed by atoms with Crippen LogP contribution in [0.5, 0.6) is 0 Å². The van der Waals surface area contributed by atoms with E-state index < -0.39 is 5.97 Å². The summed E-state index contributed by atoms with van der Waals surface area (Å²) in [5, 5.41) is 15.2. The quantitative estimate of drug-likeness (QED) is 0.787. The standard InChI is InChI=1S/C17H18N2O3S/c20-16(21)10-11-4-1-2-5-12(11)19-17(22)15-8-7-14(23-15)13-6-3-9-18-13/h1-2,4-5,7-8,13,18H,3,6,9-10H2,(H,19,22)(H,20,21). The van der Waals surface area contributed by atoms with Gasteiger partial charge in [-0.3, -0.25) is 9.59 Å². The van der Waals surface area contributed by atoms with Crippen molar-refractivity contribution in [2.24, 2.45) is 0 Å². The Morgan fingerprint density at radius 1 is 1.26 bits per heavy atom. The minimum Gasteiger partial charge on any atom is -0.481 e. The van der Waals surface area contributed by atoms with Crippen molar-refractivity contribution in [1.29, 1.82) is 0 Å². The molecule has 0 bridgehead atoms. The predicted molar refractivity (Wildman–Crippen MR) is 90.0 cm³/mol. The molecule has 1 fully saturated rings. The number of rotatable bonds is 5. The molecule has 3 rings (SSSR count). The molecule has 1 unspecified atom stereocenters. The highest BCUT2D eigenvalue weighted by molar-refractivity contribution is 7.14. The minimum atomic E-state index is -0.919. The van der Waals surface area contributed by atoms with Gasteiger partial charge in [-0.25, -0.2) is 0 Å². The van der Waals surface area contributed by atoms with Crippen molar-refractivity contribution in [3.05, 3.63) is 51.7 Å². The third-order valence-corrected chi connectivity index (χ3v) is 5.06. The number of carbonyl (C=O) groups excluding carboxylic acids is 1. The molecule has 120 valence electrons. The second-order valence-electron chi connectivity index (χ2n) is 5.53. The average Bonchev–Trinajstić information content (AvgIpc) is 3.19. The maximum Gasteiger partial charge on any atom is 0.307 e. The Morgan fingerprint density at radius 3 is 2.83 bits per heavy atom. The summed E-state index contributed by atoms with van der Waals surface area (Å²) in [7, 11) is 0. The molecule has 5 nitrogen and oxygen atoms in total. The molecule has 1 aromatic heterocycles. The van der Waals surface area contributed by atoms with Gasteiger partial charge in [0.2, 0.25) is 0 Å². The number of carboxylic acids is 1. The van der Waals surface area contributed by atoms with Crippen molar-refractivity contribution in [1.82, 2.24) is 5.32 Å². The van der Waals surface area contributed by atoms with E-state index in [1.54, 1.807) is 24.3 Å². The summed E-state index contributed by atoms with van der Waals surface area (Å²) in [6, 6.07) is 11.2. The monoisotopic (exact) mass is 330 g/mol. The molecule has 2 heterocycles. The molecule has 0 radical (unpaired) electrons. The summed E-state index contributed by atoms with van der Waals surface area (Å²) in [4.78, 5) is 25.1. The van der Waals surface area contributed by atoms with Crippen molar-refractivity contribution in [3.63, 3.8) is 0 Å². The fourth-order valence-corrected chi connectivity index (χ4v) is 3.75. The van der Waals surface area contributed by atoms with Gasteiger partial charge in [0.25, 0.3) is 5.91 Å². The highest BCUT2D eigenvalue weighted by Gasteiger charge is 2.20. The number of thiophene rings is 1. The SMILES string of the molecule is O=C(O)Cc1ccccc1NC(=O)c1ccc(C2CCCN2)s1. The van der Waals surface area contributed by atoms with Crippen molar-refractivity contribution in [2.45, 2.75) is 25.3 Å². The minimum absolute atomic E-state index is 0.113. The van der Waals surface area contributed by atoms with Gasteiger partial charge in [0, 0.05) is 16.6 Å². The van der Waals surface area contributed by atoms with Gasteiger partial charge >= 0.3 is 5.97 Å². The van der Waals surface area contributed by atoms with Crippen LogP contribution in [0, 0.1) is 0 Å². The summed E-state index contributed by atoms with van der Waals surface area (Å²) in [5.74, 6) is -1.12. The number of para-hydroxylation sites is 1. The third-order valence-electron chi connectivity index (χ3n) is 3.86. The lowest BCUT2D eigenvalue weighted by molar-refractivity contribution is -0.136. The zero-order valence-corrected chi connectivity index (χ0v) is 13.4. The molecule has 1 aliphatic heterocycles. The molecule has 23 heavy (non-hydrogen) atoms. The maximum atomic E-state index is 12.4. The van der Waals surface area contributed by atoms with Crippen LogP contribution in [0.2, 0.25) is 0 Å². The fraction of sp³-hybridized carbons (Fsp3) is 0.294. The van der Waals surface area contributed by atoms with Gasteiger partial charge in [0.05, 0.1) is 11.3 Å². The molecule has 6 heteroatoms. The molecule has 1 atom stereocenters. The van der Waals surface area contributed by atoms with E-state index in [0.717, 1.165) is 19.4 Å². The number of carboxylic acid groups (broad SMARTS) is 1. The van der Waals surface area contributed by atoms with Crippen molar-refractivity contribution < 1.29 is 14.7 Å². The van der Waals surface area contributed by atoms with Gasteiger partial charge in [0.15, 0.2) is 0 Å². The number of anilines is 1. The Balaban J connectivity index is 1.73. The first-order valence-electron chi connectivity index (χ1n) is 7.57. The van der Waals surface area contributed by atoms with E-state index in [9.17, 15) is 9.59 Å². The molecule has 0 saturated carbocycles. The number of hydrogen-bond acceptors (Lipinski definition) is 4. The van der Waals surface area contributed by atoms with Crippen LogP contribution in [-0.2, 0) is 11.2 Å². The highest BCUT2D eigenvalue weighted by atomic mass is 32.1. The van der Waals surface area contributed by atoms with Crippen molar-refractivity contribution in [2.75, 3.05) is 11.9 Å². The zero-order valence-electron chi connectivity index (χ0n) is 12.5. The average molecular weight is 330 g/mol. The normalized spacial score (nSPS) is 17.1. The number of benzene rings is 1. The lowest BCUT2D eigenvalue weighted by Crippen LogP contribution is -2.13. The van der Waals surface area contributed by atoms with Gasteiger partial charge < -0.3 is 15.7 Å². The smallest absolute Gasteiger partial charge is 0.307 e. The molecular formula is C17H18N2O3S. The number of nitrogens with one attached hydrogen (secondary N) is 2. The van der Waals surface area contributed by atoms with E-state index in [1.807, 2.05) is 12.1 Å². The first kappa shape index (κ1) is 15.7. The van der Waals surface area contributed by atoms with E-state index in [2.05, 4.69) is 10.6 Å². The molecule has 0 spiro atoms. The van der Waals surface area contributed by atoms with Crippen LogP contribution < -0.4 is 10.6 Å². The Hall–Kier alpha value is -2.18. The fourth-order valence-electron chi connectivity index (χ4n) is 2.73. The van der Waals surface area contributed by atoms with Crippen LogP contribution in [0.1, 0.15) is 39.0 Å². The second kappa shape index (κ2) is 6.93. The van der Waals surface area contributed by atoms with Gasteiger partial charge in [0.1, 0.15) is 0 Å². The Bertz CT molecular complexity index is 720. The summed E-state index contributed by atoms with van der Waals surface area (Å²) in [5.41, 5.74) is 1.15. The van der Waals surface area contributed by atoms with Crippen LogP contribution in [-0.4, -0.2) is 23.5 Å². The molecule has 1 aromatic carbocycles. The summed E-state index contributed by atoms with van der Waals surface area (Å²) in [6.45, 7) is 1.02. The Morgan fingerprint density at radius 2 is 2.09 bits per heavy atom. The van der Waals surface area contributed by atoms with Crippen molar-refractivity contribution >= 4 is 28.9 Å². The van der Waals surface area contributed by atoms with E-state index in [-0.39, 0.29) is 12.3 Å². The van der Waals surface area contributed by atoms with E-state index >= 15 is 0 Å². The van der Waals surface area contributed by atoms with E-state index in [4.69, 9.17) is 5.11 Å². The number of hydrogen-bond donors (Lipinski definition) is 3. The molecular weight excluding hydrogens is 312 g/mol. The van der Waals surface area contributed by atoms with Gasteiger partial charge in [-0.05, 0) is 43.1 Å². The highest BCUT2D eigenvalue weighted by Crippen LogP contribution is 2.29. The van der Waals surface area contributed by atoms with Crippen LogP contribution in [0.25, 0.3) is 0 Å². The Kier molecular flexibility index (Phi) is 4.73. The van der Waals surface area contributed by atoms with Crippen LogP contribution in [0.3, 0.4) is 0 Å². The topological polar surface area (TPSA) is 78.4 Å².